The Morgan fingerprint density at radius 2 is 1.96 bits per heavy atom. The second kappa shape index (κ2) is 7.16. The molecule has 0 amide bonds. The number of rotatable bonds is 3. The lowest BCUT2D eigenvalue weighted by Gasteiger charge is -2.28. The molecule has 24 heavy (non-hydrogen) atoms. The molecule has 0 spiro atoms. The van der Waals surface area contributed by atoms with Gasteiger partial charge >= 0.3 is 0 Å². The summed E-state index contributed by atoms with van der Waals surface area (Å²) in [5.41, 5.74) is 4.28. The molecule has 1 atom stereocenters. The highest BCUT2D eigenvalue weighted by Gasteiger charge is 2.24. The van der Waals surface area contributed by atoms with E-state index >= 15 is 0 Å². The summed E-state index contributed by atoms with van der Waals surface area (Å²) in [6.07, 6.45) is 23.9. The molecule has 0 fully saturated rings. The number of amidine groups is 2. The van der Waals surface area contributed by atoms with Crippen molar-refractivity contribution < 1.29 is 0 Å². The third-order valence-corrected chi connectivity index (χ3v) is 5.20. The number of hydrogen-bond donors (Lipinski definition) is 1. The van der Waals surface area contributed by atoms with E-state index < -0.39 is 0 Å². The van der Waals surface area contributed by atoms with Crippen LogP contribution in [0.5, 0.6) is 0 Å². The Morgan fingerprint density at radius 1 is 0.958 bits per heavy atom. The SMILES string of the molecule is C1=CCCC(C2=NCN=C(C3CC=C(C4=CCCC=C4)CC3)N2)=C1. The molecule has 0 aromatic rings. The highest BCUT2D eigenvalue weighted by molar-refractivity contribution is 6.11. The number of nitrogens with zero attached hydrogens (tertiary/aromatic N) is 2. The molecule has 4 rings (SSSR count). The summed E-state index contributed by atoms with van der Waals surface area (Å²) in [6.45, 7) is 0.569. The third kappa shape index (κ3) is 3.35. The van der Waals surface area contributed by atoms with Crippen molar-refractivity contribution in [2.75, 3.05) is 6.67 Å². The first kappa shape index (κ1) is 15.4. The van der Waals surface area contributed by atoms with Gasteiger partial charge in [-0.25, -0.2) is 9.98 Å². The van der Waals surface area contributed by atoms with Gasteiger partial charge in [-0.15, -0.1) is 0 Å². The highest BCUT2D eigenvalue weighted by Crippen LogP contribution is 2.31. The minimum atomic E-state index is 0.507. The van der Waals surface area contributed by atoms with Crippen molar-refractivity contribution in [3.63, 3.8) is 0 Å². The summed E-state index contributed by atoms with van der Waals surface area (Å²) in [7, 11) is 0. The maximum Gasteiger partial charge on any atom is 0.133 e. The summed E-state index contributed by atoms with van der Waals surface area (Å²) >= 11 is 0. The first-order chi connectivity index (χ1) is 11.9. The van der Waals surface area contributed by atoms with Gasteiger partial charge in [0.25, 0.3) is 0 Å². The van der Waals surface area contributed by atoms with E-state index in [0.29, 0.717) is 12.6 Å². The minimum absolute atomic E-state index is 0.507. The molecule has 1 heterocycles. The molecule has 1 aliphatic heterocycles. The maximum atomic E-state index is 4.65. The van der Waals surface area contributed by atoms with Gasteiger partial charge in [0.05, 0.1) is 0 Å². The Hall–Kier alpha value is -2.16. The van der Waals surface area contributed by atoms with Gasteiger partial charge < -0.3 is 5.32 Å². The molecule has 1 unspecified atom stereocenters. The standard InChI is InChI=1S/C21H25N3/c1-3-7-16(8-4-1)17-11-13-19(14-12-17)21-23-15-22-20(24-21)18-9-5-2-6-10-18/h2-3,5,7-9,11,19H,1,4,6,10,12-15H2,(H,22,23,24). The van der Waals surface area contributed by atoms with Crippen molar-refractivity contribution in [1.29, 1.82) is 0 Å². The Kier molecular flexibility index (Phi) is 4.59. The fourth-order valence-electron chi connectivity index (χ4n) is 3.79. The van der Waals surface area contributed by atoms with Crippen LogP contribution in [0, 0.1) is 5.92 Å². The molecule has 0 saturated heterocycles. The summed E-state index contributed by atoms with van der Waals surface area (Å²) in [6, 6.07) is 0. The smallest absolute Gasteiger partial charge is 0.133 e. The van der Waals surface area contributed by atoms with Crippen molar-refractivity contribution in [2.24, 2.45) is 15.9 Å². The topological polar surface area (TPSA) is 36.8 Å². The van der Waals surface area contributed by atoms with Crippen LogP contribution in [0.1, 0.15) is 44.9 Å². The van der Waals surface area contributed by atoms with Crippen molar-refractivity contribution in [3.8, 4) is 0 Å². The summed E-state index contributed by atoms with van der Waals surface area (Å²) in [5.74, 6) is 2.68. The zero-order chi connectivity index (χ0) is 16.2. The average molecular weight is 319 g/mol. The van der Waals surface area contributed by atoms with Crippen molar-refractivity contribution in [2.45, 2.75) is 44.9 Å². The first-order valence-corrected chi connectivity index (χ1v) is 9.18. The molecular weight excluding hydrogens is 294 g/mol. The zero-order valence-electron chi connectivity index (χ0n) is 14.2. The van der Waals surface area contributed by atoms with E-state index in [9.17, 15) is 0 Å². The van der Waals surface area contributed by atoms with Gasteiger partial charge in [-0.3, -0.25) is 0 Å². The third-order valence-electron chi connectivity index (χ3n) is 5.20. The van der Waals surface area contributed by atoms with Crippen molar-refractivity contribution in [1.82, 2.24) is 5.32 Å². The first-order valence-electron chi connectivity index (χ1n) is 9.18. The lowest BCUT2D eigenvalue weighted by atomic mass is 9.84. The molecular formula is C21H25N3. The molecule has 4 aliphatic rings. The average Bonchev–Trinajstić information content (AvgIpc) is 2.70. The van der Waals surface area contributed by atoms with E-state index in [1.165, 1.54) is 36.0 Å². The summed E-state index contributed by atoms with van der Waals surface area (Å²) in [5, 5.41) is 3.53. The molecule has 3 aliphatic carbocycles. The predicted octanol–water partition coefficient (Wildman–Crippen LogP) is 4.62. The number of hydrogen-bond acceptors (Lipinski definition) is 3. The fourth-order valence-corrected chi connectivity index (χ4v) is 3.79. The van der Waals surface area contributed by atoms with Crippen LogP contribution in [0.25, 0.3) is 0 Å². The number of aliphatic imine (C=N–C) groups is 2. The van der Waals surface area contributed by atoms with Crippen LogP contribution in [-0.4, -0.2) is 18.3 Å². The van der Waals surface area contributed by atoms with Gasteiger partial charge in [0, 0.05) is 5.92 Å². The van der Waals surface area contributed by atoms with E-state index in [1.807, 2.05) is 0 Å². The Labute approximate surface area is 144 Å². The van der Waals surface area contributed by atoms with Gasteiger partial charge in [0.1, 0.15) is 18.3 Å². The van der Waals surface area contributed by atoms with Crippen LogP contribution in [0.3, 0.4) is 0 Å². The van der Waals surface area contributed by atoms with E-state index in [0.717, 1.165) is 37.4 Å². The van der Waals surface area contributed by atoms with Gasteiger partial charge in [-0.05, 0) is 61.7 Å². The Balaban J connectivity index is 1.41. The second-order valence-corrected chi connectivity index (χ2v) is 6.82. The molecule has 124 valence electrons. The molecule has 0 aromatic carbocycles. The zero-order valence-corrected chi connectivity index (χ0v) is 14.2. The predicted molar refractivity (Wildman–Crippen MR) is 101 cm³/mol. The largest absolute Gasteiger partial charge is 0.328 e. The van der Waals surface area contributed by atoms with Gasteiger partial charge in [-0.1, -0.05) is 42.5 Å². The van der Waals surface area contributed by atoms with Crippen LogP contribution in [0.2, 0.25) is 0 Å². The fraction of sp³-hybridized carbons (Fsp3) is 0.429. The normalized spacial score (nSPS) is 26.7. The summed E-state index contributed by atoms with van der Waals surface area (Å²) in [4.78, 5) is 9.22. The van der Waals surface area contributed by atoms with E-state index in [4.69, 9.17) is 0 Å². The molecule has 3 heteroatoms. The van der Waals surface area contributed by atoms with E-state index in [-0.39, 0.29) is 0 Å². The van der Waals surface area contributed by atoms with Crippen molar-refractivity contribution in [3.05, 3.63) is 59.3 Å². The van der Waals surface area contributed by atoms with Crippen LogP contribution < -0.4 is 5.32 Å². The molecule has 0 aromatic heterocycles. The highest BCUT2D eigenvalue weighted by atomic mass is 15.2. The number of allylic oxidation sites excluding steroid dienone is 9. The Bertz CT molecular complexity index is 713. The quantitative estimate of drug-likeness (QED) is 0.809. The molecule has 0 radical (unpaired) electrons. The van der Waals surface area contributed by atoms with E-state index in [2.05, 4.69) is 57.8 Å². The second-order valence-electron chi connectivity index (χ2n) is 6.82. The monoisotopic (exact) mass is 319 g/mol. The molecule has 0 saturated carbocycles. The number of nitrogens with one attached hydrogen (secondary N) is 1. The summed E-state index contributed by atoms with van der Waals surface area (Å²) < 4.78 is 0. The van der Waals surface area contributed by atoms with Crippen LogP contribution in [0.4, 0.5) is 0 Å². The molecule has 3 nitrogen and oxygen atoms in total. The van der Waals surface area contributed by atoms with Crippen LogP contribution in [0.15, 0.2) is 69.2 Å². The lowest BCUT2D eigenvalue weighted by Crippen LogP contribution is -2.40. The van der Waals surface area contributed by atoms with Gasteiger partial charge in [0.15, 0.2) is 0 Å². The molecule has 0 bridgehead atoms. The molecule has 1 N–H and O–H groups in total. The van der Waals surface area contributed by atoms with Crippen molar-refractivity contribution >= 4 is 11.7 Å². The minimum Gasteiger partial charge on any atom is -0.328 e. The van der Waals surface area contributed by atoms with Crippen LogP contribution >= 0.6 is 0 Å². The van der Waals surface area contributed by atoms with Gasteiger partial charge in [0.2, 0.25) is 0 Å². The van der Waals surface area contributed by atoms with Gasteiger partial charge in [-0.2, -0.15) is 0 Å². The maximum absolute atomic E-state index is 4.65. The lowest BCUT2D eigenvalue weighted by molar-refractivity contribution is 0.588. The van der Waals surface area contributed by atoms with E-state index in [1.54, 1.807) is 0 Å². The van der Waals surface area contributed by atoms with Crippen LogP contribution in [-0.2, 0) is 0 Å². The Morgan fingerprint density at radius 3 is 2.71 bits per heavy atom.